The van der Waals surface area contributed by atoms with Gasteiger partial charge in [-0.2, -0.15) is 5.10 Å². The molecule has 0 aliphatic carbocycles. The van der Waals surface area contributed by atoms with Gasteiger partial charge in [0.25, 0.3) is 0 Å². The summed E-state index contributed by atoms with van der Waals surface area (Å²) in [6.07, 6.45) is 1.74. The molecule has 1 aromatic heterocycles. The SMILES string of the molecule is CCn1nc(C)c(CN2C[C@@H]3COCC[C@]3(O)[C@H]3COCC[C@H]32)c1C. The molecule has 0 aromatic carbocycles. The molecule has 0 bridgehead atoms. The fourth-order valence-electron chi connectivity index (χ4n) is 5.22. The second-order valence-corrected chi connectivity index (χ2v) is 7.95. The van der Waals surface area contributed by atoms with Crippen molar-refractivity contribution in [3.05, 3.63) is 17.0 Å². The molecular formula is C19H31N3O3. The maximum absolute atomic E-state index is 11.4. The van der Waals surface area contributed by atoms with Crippen LogP contribution in [0.1, 0.15) is 36.7 Å². The van der Waals surface area contributed by atoms with Crippen molar-refractivity contribution in [3.8, 4) is 0 Å². The number of aromatic nitrogens is 2. The van der Waals surface area contributed by atoms with Crippen LogP contribution >= 0.6 is 0 Å². The van der Waals surface area contributed by atoms with Crippen LogP contribution in [-0.4, -0.2) is 64.4 Å². The largest absolute Gasteiger partial charge is 0.389 e. The standard InChI is InChI=1S/C19H31N3O3/c1-4-22-14(3)16(13(2)20-22)10-21-9-15-11-25-8-6-19(15,23)17-12-24-7-5-18(17)21/h15,17-18,23H,4-12H2,1-3H3/t15-,17+,18-,19-/m1/s1. The minimum absolute atomic E-state index is 0.172. The second kappa shape index (κ2) is 6.65. The van der Waals surface area contributed by atoms with Gasteiger partial charge in [0, 0.05) is 68.4 Å². The Morgan fingerprint density at radius 2 is 2.04 bits per heavy atom. The van der Waals surface area contributed by atoms with E-state index in [9.17, 15) is 5.11 Å². The molecule has 3 saturated heterocycles. The van der Waals surface area contributed by atoms with E-state index in [2.05, 4.69) is 35.5 Å². The molecule has 3 fully saturated rings. The fourth-order valence-corrected chi connectivity index (χ4v) is 5.22. The molecule has 4 rings (SSSR count). The molecule has 3 aliphatic heterocycles. The van der Waals surface area contributed by atoms with Crippen LogP contribution in [0.25, 0.3) is 0 Å². The van der Waals surface area contributed by atoms with Gasteiger partial charge >= 0.3 is 0 Å². The number of hydrogen-bond acceptors (Lipinski definition) is 5. The molecule has 6 heteroatoms. The number of rotatable bonds is 3. The average Bonchev–Trinajstić information content (AvgIpc) is 2.90. The molecule has 0 unspecified atom stereocenters. The van der Waals surface area contributed by atoms with Gasteiger partial charge in [0.2, 0.25) is 0 Å². The van der Waals surface area contributed by atoms with E-state index in [1.165, 1.54) is 11.3 Å². The highest BCUT2D eigenvalue weighted by atomic mass is 16.5. The molecule has 0 radical (unpaired) electrons. The average molecular weight is 349 g/mol. The molecule has 6 nitrogen and oxygen atoms in total. The van der Waals surface area contributed by atoms with Crippen LogP contribution in [0.2, 0.25) is 0 Å². The summed E-state index contributed by atoms with van der Waals surface area (Å²) in [7, 11) is 0. The zero-order valence-electron chi connectivity index (χ0n) is 15.7. The molecule has 0 saturated carbocycles. The van der Waals surface area contributed by atoms with E-state index < -0.39 is 5.60 Å². The summed E-state index contributed by atoms with van der Waals surface area (Å²) >= 11 is 0. The van der Waals surface area contributed by atoms with E-state index in [-0.39, 0.29) is 11.8 Å². The number of nitrogens with zero attached hydrogens (tertiary/aromatic N) is 3. The Morgan fingerprint density at radius 1 is 1.24 bits per heavy atom. The Kier molecular flexibility index (Phi) is 4.65. The maximum atomic E-state index is 11.4. The van der Waals surface area contributed by atoms with Crippen LogP contribution in [0.3, 0.4) is 0 Å². The van der Waals surface area contributed by atoms with E-state index in [1.54, 1.807) is 0 Å². The van der Waals surface area contributed by atoms with Gasteiger partial charge < -0.3 is 14.6 Å². The Labute approximate surface area is 150 Å². The third-order valence-corrected chi connectivity index (χ3v) is 6.75. The first kappa shape index (κ1) is 17.5. The molecule has 4 atom stereocenters. The van der Waals surface area contributed by atoms with Crippen molar-refractivity contribution in [1.82, 2.24) is 14.7 Å². The summed E-state index contributed by atoms with van der Waals surface area (Å²) in [6.45, 7) is 11.9. The predicted octanol–water partition coefficient (Wildman–Crippen LogP) is 1.51. The molecule has 3 aliphatic rings. The van der Waals surface area contributed by atoms with Gasteiger partial charge in [-0.25, -0.2) is 0 Å². The van der Waals surface area contributed by atoms with Gasteiger partial charge in [0.05, 0.1) is 24.5 Å². The molecule has 0 spiro atoms. The molecular weight excluding hydrogens is 318 g/mol. The third kappa shape index (κ3) is 2.83. The van der Waals surface area contributed by atoms with Crippen LogP contribution in [0.15, 0.2) is 0 Å². The van der Waals surface area contributed by atoms with Crippen LogP contribution < -0.4 is 0 Å². The van der Waals surface area contributed by atoms with Crippen LogP contribution in [0, 0.1) is 25.7 Å². The number of aliphatic hydroxyl groups is 1. The first-order valence-electron chi connectivity index (χ1n) is 9.69. The summed E-state index contributed by atoms with van der Waals surface area (Å²) in [5.74, 6) is 0.358. The molecule has 4 heterocycles. The molecule has 25 heavy (non-hydrogen) atoms. The van der Waals surface area contributed by atoms with Gasteiger partial charge in [0.1, 0.15) is 0 Å². The van der Waals surface area contributed by atoms with E-state index in [1.807, 2.05) is 0 Å². The van der Waals surface area contributed by atoms with E-state index in [0.717, 1.165) is 44.8 Å². The highest BCUT2D eigenvalue weighted by Gasteiger charge is 2.55. The first-order chi connectivity index (χ1) is 12.0. The van der Waals surface area contributed by atoms with Crippen molar-refractivity contribution in [2.24, 2.45) is 11.8 Å². The number of piperidine rings is 1. The zero-order valence-corrected chi connectivity index (χ0v) is 15.7. The molecule has 0 amide bonds. The number of ether oxygens (including phenoxy) is 2. The lowest BCUT2D eigenvalue weighted by molar-refractivity contribution is -0.221. The van der Waals surface area contributed by atoms with Crippen LogP contribution in [0.5, 0.6) is 0 Å². The summed E-state index contributed by atoms with van der Waals surface area (Å²) in [4.78, 5) is 2.57. The number of aryl methyl sites for hydroxylation is 2. The van der Waals surface area contributed by atoms with E-state index in [0.29, 0.717) is 25.9 Å². The lowest BCUT2D eigenvalue weighted by atomic mass is 9.66. The Balaban J connectivity index is 1.62. The smallest absolute Gasteiger partial charge is 0.0796 e. The summed E-state index contributed by atoms with van der Waals surface area (Å²) < 4.78 is 13.6. The minimum atomic E-state index is -0.627. The Bertz CT molecular complexity index is 632. The quantitative estimate of drug-likeness (QED) is 0.896. The molecule has 1 N–H and O–H groups in total. The number of hydrogen-bond donors (Lipinski definition) is 1. The van der Waals surface area contributed by atoms with Gasteiger partial charge in [-0.3, -0.25) is 9.58 Å². The van der Waals surface area contributed by atoms with Crippen molar-refractivity contribution in [2.75, 3.05) is 33.0 Å². The lowest BCUT2D eigenvalue weighted by Crippen LogP contribution is -2.67. The van der Waals surface area contributed by atoms with Crippen LogP contribution in [0.4, 0.5) is 0 Å². The van der Waals surface area contributed by atoms with Gasteiger partial charge in [-0.15, -0.1) is 0 Å². The fraction of sp³-hybridized carbons (Fsp3) is 0.842. The predicted molar refractivity (Wildman–Crippen MR) is 94.4 cm³/mol. The van der Waals surface area contributed by atoms with E-state index >= 15 is 0 Å². The summed E-state index contributed by atoms with van der Waals surface area (Å²) in [6, 6.07) is 0.386. The number of fused-ring (bicyclic) bond motifs is 3. The normalized spacial score (nSPS) is 36.1. The summed E-state index contributed by atoms with van der Waals surface area (Å²) in [5, 5.41) is 16.1. The van der Waals surface area contributed by atoms with Crippen molar-refractivity contribution < 1.29 is 14.6 Å². The Morgan fingerprint density at radius 3 is 2.80 bits per heavy atom. The highest BCUT2D eigenvalue weighted by Crippen LogP contribution is 2.44. The lowest BCUT2D eigenvalue weighted by Gasteiger charge is -2.57. The Hall–Kier alpha value is -0.950. The van der Waals surface area contributed by atoms with E-state index in [4.69, 9.17) is 9.47 Å². The van der Waals surface area contributed by atoms with Gasteiger partial charge in [-0.05, 0) is 27.2 Å². The van der Waals surface area contributed by atoms with Crippen molar-refractivity contribution >= 4 is 0 Å². The molecule has 1 aromatic rings. The third-order valence-electron chi connectivity index (χ3n) is 6.75. The van der Waals surface area contributed by atoms with Crippen LogP contribution in [-0.2, 0) is 22.6 Å². The zero-order chi connectivity index (χ0) is 17.6. The van der Waals surface area contributed by atoms with Crippen molar-refractivity contribution in [2.45, 2.75) is 58.3 Å². The second-order valence-electron chi connectivity index (χ2n) is 7.95. The van der Waals surface area contributed by atoms with Gasteiger partial charge in [-0.1, -0.05) is 0 Å². The number of likely N-dealkylation sites (tertiary alicyclic amines) is 1. The van der Waals surface area contributed by atoms with Crippen molar-refractivity contribution in [1.29, 1.82) is 0 Å². The summed E-state index contributed by atoms with van der Waals surface area (Å²) in [5.41, 5.74) is 3.11. The maximum Gasteiger partial charge on any atom is 0.0796 e. The van der Waals surface area contributed by atoms with Crippen molar-refractivity contribution in [3.63, 3.8) is 0 Å². The monoisotopic (exact) mass is 349 g/mol. The molecule has 140 valence electrons. The first-order valence-corrected chi connectivity index (χ1v) is 9.69. The topological polar surface area (TPSA) is 59.8 Å². The minimum Gasteiger partial charge on any atom is -0.389 e. The van der Waals surface area contributed by atoms with Gasteiger partial charge in [0.15, 0.2) is 0 Å². The highest BCUT2D eigenvalue weighted by molar-refractivity contribution is 5.25.